The van der Waals surface area contributed by atoms with Crippen LogP contribution in [-0.4, -0.2) is 36.0 Å². The third-order valence-corrected chi connectivity index (χ3v) is 3.98. The summed E-state index contributed by atoms with van der Waals surface area (Å²) in [6, 6.07) is 6.53. The smallest absolute Gasteiger partial charge is 0.264 e. The molecule has 0 aliphatic rings. The van der Waals surface area contributed by atoms with Gasteiger partial charge in [0.2, 0.25) is 0 Å². The van der Waals surface area contributed by atoms with Crippen LogP contribution in [0, 0.1) is 0 Å². The summed E-state index contributed by atoms with van der Waals surface area (Å²) in [6.07, 6.45) is 3.36. The molecule has 18 heavy (non-hydrogen) atoms. The molecular weight excluding hydrogens is 276 g/mol. The quantitative estimate of drug-likeness (QED) is 0.577. The zero-order chi connectivity index (χ0) is 13.8. The molecule has 0 aromatic heterocycles. The summed E-state index contributed by atoms with van der Waals surface area (Å²) in [7, 11) is -6.55. The van der Waals surface area contributed by atoms with E-state index in [0.717, 1.165) is 18.1 Å². The van der Waals surface area contributed by atoms with E-state index in [4.69, 9.17) is 0 Å². The second-order valence-electron chi connectivity index (χ2n) is 4.05. The van der Waals surface area contributed by atoms with Crippen molar-refractivity contribution in [2.45, 2.75) is 17.7 Å². The summed E-state index contributed by atoms with van der Waals surface area (Å²) in [6.45, 7) is 0.132. The fraction of sp³-hybridized carbons (Fsp3) is 0.455. The minimum Gasteiger partial charge on any atom is -0.270 e. The molecule has 0 aliphatic carbocycles. The van der Waals surface area contributed by atoms with Gasteiger partial charge in [-0.3, -0.25) is 4.18 Å². The molecule has 1 aromatic carbocycles. The Kier molecular flexibility index (Phi) is 4.89. The summed E-state index contributed by atoms with van der Waals surface area (Å²) < 4.78 is 48.5. The second kappa shape index (κ2) is 5.81. The van der Waals surface area contributed by atoms with Crippen molar-refractivity contribution in [1.82, 2.24) is 0 Å². The Labute approximate surface area is 108 Å². The van der Waals surface area contributed by atoms with E-state index in [9.17, 15) is 16.8 Å². The molecular formula is C11H16O5S2. The summed E-state index contributed by atoms with van der Waals surface area (Å²) in [5, 5.41) is 0. The topological polar surface area (TPSA) is 77.5 Å². The SMILES string of the molecule is CS(=O)(=O)OCCCc1ccc(S(C)(=O)=O)cc1. The van der Waals surface area contributed by atoms with Gasteiger partial charge in [-0.2, -0.15) is 8.42 Å². The van der Waals surface area contributed by atoms with Gasteiger partial charge in [0.15, 0.2) is 9.84 Å². The van der Waals surface area contributed by atoms with Crippen LogP contribution < -0.4 is 0 Å². The Morgan fingerprint density at radius 1 is 1.00 bits per heavy atom. The van der Waals surface area contributed by atoms with Gasteiger partial charge < -0.3 is 0 Å². The molecule has 1 rings (SSSR count). The van der Waals surface area contributed by atoms with Crippen LogP contribution in [0.25, 0.3) is 0 Å². The van der Waals surface area contributed by atoms with Crippen molar-refractivity contribution in [3.8, 4) is 0 Å². The van der Waals surface area contributed by atoms with Crippen molar-refractivity contribution in [2.75, 3.05) is 19.1 Å². The highest BCUT2D eigenvalue weighted by Gasteiger charge is 2.06. The fourth-order valence-corrected chi connectivity index (χ4v) is 2.44. The molecule has 0 spiro atoms. The van der Waals surface area contributed by atoms with Gasteiger partial charge >= 0.3 is 0 Å². The molecule has 0 atom stereocenters. The molecule has 0 saturated carbocycles. The molecule has 5 nitrogen and oxygen atoms in total. The van der Waals surface area contributed by atoms with E-state index in [1.807, 2.05) is 0 Å². The van der Waals surface area contributed by atoms with Crippen molar-refractivity contribution >= 4 is 20.0 Å². The van der Waals surface area contributed by atoms with Crippen LogP contribution in [0.2, 0.25) is 0 Å². The first-order valence-corrected chi connectivity index (χ1v) is 9.03. The second-order valence-corrected chi connectivity index (χ2v) is 7.71. The molecule has 0 bridgehead atoms. The van der Waals surface area contributed by atoms with Gasteiger partial charge in [-0.1, -0.05) is 12.1 Å². The largest absolute Gasteiger partial charge is 0.270 e. The molecule has 1 aromatic rings. The van der Waals surface area contributed by atoms with Crippen LogP contribution in [0.4, 0.5) is 0 Å². The lowest BCUT2D eigenvalue weighted by Gasteiger charge is -2.03. The lowest BCUT2D eigenvalue weighted by atomic mass is 10.1. The molecule has 0 saturated heterocycles. The molecule has 0 N–H and O–H groups in total. The van der Waals surface area contributed by atoms with E-state index in [1.165, 1.54) is 0 Å². The third kappa shape index (κ3) is 5.61. The van der Waals surface area contributed by atoms with Crippen LogP contribution >= 0.6 is 0 Å². The number of benzene rings is 1. The number of rotatable bonds is 6. The van der Waals surface area contributed by atoms with Crippen LogP contribution in [0.3, 0.4) is 0 Å². The highest BCUT2D eigenvalue weighted by Crippen LogP contribution is 2.11. The van der Waals surface area contributed by atoms with E-state index in [1.54, 1.807) is 24.3 Å². The van der Waals surface area contributed by atoms with Crippen LogP contribution in [-0.2, 0) is 30.6 Å². The molecule has 0 heterocycles. The van der Waals surface area contributed by atoms with E-state index in [-0.39, 0.29) is 11.5 Å². The minimum absolute atomic E-state index is 0.132. The fourth-order valence-electron chi connectivity index (χ4n) is 1.39. The molecule has 7 heteroatoms. The van der Waals surface area contributed by atoms with Gasteiger partial charge in [0, 0.05) is 6.26 Å². The van der Waals surface area contributed by atoms with Gasteiger partial charge in [0.1, 0.15) is 0 Å². The van der Waals surface area contributed by atoms with Crippen molar-refractivity contribution in [2.24, 2.45) is 0 Å². The number of sulfone groups is 1. The van der Waals surface area contributed by atoms with Crippen molar-refractivity contribution < 1.29 is 21.0 Å². The average Bonchev–Trinajstić information content (AvgIpc) is 2.22. The first-order chi connectivity index (χ1) is 8.18. The zero-order valence-corrected chi connectivity index (χ0v) is 11.9. The third-order valence-electron chi connectivity index (χ3n) is 2.26. The minimum atomic E-state index is -3.38. The molecule has 0 radical (unpaired) electrons. The molecule has 0 amide bonds. The van der Waals surface area contributed by atoms with Crippen LogP contribution in [0.5, 0.6) is 0 Å². The maximum absolute atomic E-state index is 11.2. The van der Waals surface area contributed by atoms with Crippen LogP contribution in [0.15, 0.2) is 29.2 Å². The van der Waals surface area contributed by atoms with Gasteiger partial charge in [0.05, 0.1) is 17.8 Å². The summed E-state index contributed by atoms with van der Waals surface area (Å²) in [5.74, 6) is 0. The summed E-state index contributed by atoms with van der Waals surface area (Å²) >= 11 is 0. The summed E-state index contributed by atoms with van der Waals surface area (Å²) in [4.78, 5) is 0.277. The average molecular weight is 292 g/mol. The standard InChI is InChI=1S/C11H16O5S2/c1-17(12,13)11-7-5-10(6-8-11)4-3-9-16-18(2,14)15/h5-8H,3-4,9H2,1-2H3. The Morgan fingerprint density at radius 2 is 1.56 bits per heavy atom. The van der Waals surface area contributed by atoms with E-state index < -0.39 is 20.0 Å². The van der Waals surface area contributed by atoms with E-state index in [0.29, 0.717) is 12.8 Å². The number of hydrogen-bond acceptors (Lipinski definition) is 5. The monoisotopic (exact) mass is 292 g/mol. The summed E-state index contributed by atoms with van der Waals surface area (Å²) in [5.41, 5.74) is 0.944. The van der Waals surface area contributed by atoms with E-state index >= 15 is 0 Å². The van der Waals surface area contributed by atoms with Crippen molar-refractivity contribution in [1.29, 1.82) is 0 Å². The predicted molar refractivity (Wildman–Crippen MR) is 68.7 cm³/mol. The Morgan fingerprint density at radius 3 is 2.00 bits per heavy atom. The molecule has 0 fully saturated rings. The van der Waals surface area contributed by atoms with E-state index in [2.05, 4.69) is 4.18 Å². The van der Waals surface area contributed by atoms with Gasteiger partial charge in [0.25, 0.3) is 10.1 Å². The lowest BCUT2D eigenvalue weighted by Crippen LogP contribution is -2.05. The van der Waals surface area contributed by atoms with Crippen LogP contribution in [0.1, 0.15) is 12.0 Å². The highest BCUT2D eigenvalue weighted by molar-refractivity contribution is 7.90. The van der Waals surface area contributed by atoms with Gasteiger partial charge in [-0.05, 0) is 30.5 Å². The maximum atomic E-state index is 11.2. The number of aryl methyl sites for hydroxylation is 1. The lowest BCUT2D eigenvalue weighted by molar-refractivity contribution is 0.316. The normalized spacial score (nSPS) is 12.6. The first kappa shape index (κ1) is 15.1. The van der Waals surface area contributed by atoms with Gasteiger partial charge in [-0.15, -0.1) is 0 Å². The van der Waals surface area contributed by atoms with Gasteiger partial charge in [-0.25, -0.2) is 8.42 Å². The first-order valence-electron chi connectivity index (χ1n) is 5.32. The Bertz CT molecular complexity index is 585. The van der Waals surface area contributed by atoms with Crippen molar-refractivity contribution in [3.05, 3.63) is 29.8 Å². The Balaban J connectivity index is 2.50. The van der Waals surface area contributed by atoms with Crippen molar-refractivity contribution in [3.63, 3.8) is 0 Å². The Hall–Kier alpha value is -0.920. The predicted octanol–water partition coefficient (Wildman–Crippen LogP) is 0.999. The highest BCUT2D eigenvalue weighted by atomic mass is 32.2. The molecule has 102 valence electrons. The number of hydrogen-bond donors (Lipinski definition) is 0. The molecule has 0 aliphatic heterocycles. The maximum Gasteiger partial charge on any atom is 0.264 e. The zero-order valence-electron chi connectivity index (χ0n) is 10.3. The molecule has 0 unspecified atom stereocenters.